The highest BCUT2D eigenvalue weighted by atomic mass is 15.1. The molecule has 1 rings (SSSR count). The molecule has 0 fully saturated rings. The molecule has 0 unspecified atom stereocenters. The van der Waals surface area contributed by atoms with Crippen molar-refractivity contribution in [1.29, 1.82) is 0 Å². The van der Waals surface area contributed by atoms with Gasteiger partial charge in [0.05, 0.1) is 5.71 Å². The minimum atomic E-state index is 0.840. The molecule has 0 saturated heterocycles. The Morgan fingerprint density at radius 1 is 1.50 bits per heavy atom. The molecule has 0 heterocycles. The van der Waals surface area contributed by atoms with Gasteiger partial charge in [-0.1, -0.05) is 12.1 Å². The first-order chi connectivity index (χ1) is 5.77. The second-order valence-corrected chi connectivity index (χ2v) is 2.55. The van der Waals surface area contributed by atoms with Crippen LogP contribution in [-0.4, -0.2) is 12.8 Å². The van der Waals surface area contributed by atoms with Gasteiger partial charge in [0.1, 0.15) is 0 Å². The summed E-state index contributed by atoms with van der Waals surface area (Å²) >= 11 is 0. The van der Waals surface area contributed by atoms with Crippen LogP contribution in [-0.2, 0) is 0 Å². The van der Waals surface area contributed by atoms with Crippen LogP contribution in [0.25, 0.3) is 0 Å². The number of nitrogens with one attached hydrogen (secondary N) is 1. The predicted octanol–water partition coefficient (Wildman–Crippen LogP) is 1.41. The molecule has 3 heteroatoms. The molecule has 1 aromatic rings. The molecule has 0 saturated carbocycles. The average molecular weight is 163 g/mol. The lowest BCUT2D eigenvalue weighted by Gasteiger charge is -2.02. The number of rotatable bonds is 2. The van der Waals surface area contributed by atoms with Crippen LogP contribution in [0.3, 0.4) is 0 Å². The number of nitrogens with zero attached hydrogens (tertiary/aromatic N) is 1. The topological polar surface area (TPSA) is 50.4 Å². The van der Waals surface area contributed by atoms with E-state index in [0.29, 0.717) is 0 Å². The molecule has 64 valence electrons. The summed E-state index contributed by atoms with van der Waals surface area (Å²) in [5, 5.41) is 6.67. The maximum absolute atomic E-state index is 5.16. The van der Waals surface area contributed by atoms with Crippen molar-refractivity contribution in [3.05, 3.63) is 29.8 Å². The Morgan fingerprint density at radius 2 is 2.25 bits per heavy atom. The number of nitrogens with two attached hydrogens (primary N) is 1. The van der Waals surface area contributed by atoms with Crippen LogP contribution < -0.4 is 11.2 Å². The Labute approximate surface area is 72.3 Å². The third-order valence-corrected chi connectivity index (χ3v) is 1.76. The molecule has 0 bridgehead atoms. The highest BCUT2D eigenvalue weighted by molar-refractivity contribution is 5.99. The zero-order valence-electron chi connectivity index (χ0n) is 7.33. The van der Waals surface area contributed by atoms with Crippen LogP contribution >= 0.6 is 0 Å². The van der Waals surface area contributed by atoms with Crippen molar-refractivity contribution in [2.75, 3.05) is 12.4 Å². The number of anilines is 1. The maximum atomic E-state index is 5.16. The van der Waals surface area contributed by atoms with Gasteiger partial charge in [0, 0.05) is 12.7 Å². The van der Waals surface area contributed by atoms with E-state index in [1.165, 1.54) is 0 Å². The van der Waals surface area contributed by atoms with Gasteiger partial charge in [0.25, 0.3) is 0 Å². The molecular formula is C9H13N3. The molecule has 1 aromatic carbocycles. The first kappa shape index (κ1) is 8.59. The van der Waals surface area contributed by atoms with E-state index < -0.39 is 0 Å². The van der Waals surface area contributed by atoms with E-state index in [9.17, 15) is 0 Å². The first-order valence-electron chi connectivity index (χ1n) is 3.80. The fourth-order valence-electron chi connectivity index (χ4n) is 0.974. The Kier molecular flexibility index (Phi) is 2.69. The second kappa shape index (κ2) is 3.76. The molecule has 0 radical (unpaired) electrons. The van der Waals surface area contributed by atoms with Crippen LogP contribution in [0.4, 0.5) is 5.69 Å². The van der Waals surface area contributed by atoms with Crippen molar-refractivity contribution in [2.24, 2.45) is 10.9 Å². The van der Waals surface area contributed by atoms with E-state index in [4.69, 9.17) is 5.84 Å². The fourth-order valence-corrected chi connectivity index (χ4v) is 0.974. The van der Waals surface area contributed by atoms with Crippen LogP contribution in [0, 0.1) is 0 Å². The second-order valence-electron chi connectivity index (χ2n) is 2.55. The number of hydrazone groups is 1. The number of hydrogen-bond donors (Lipinski definition) is 2. The quantitative estimate of drug-likeness (QED) is 0.393. The Hall–Kier alpha value is -1.51. The Balaban J connectivity index is 3.02. The van der Waals surface area contributed by atoms with Crippen molar-refractivity contribution in [1.82, 2.24) is 0 Å². The van der Waals surface area contributed by atoms with Crippen molar-refractivity contribution in [3.8, 4) is 0 Å². The van der Waals surface area contributed by atoms with Gasteiger partial charge in [-0.05, 0) is 24.6 Å². The summed E-state index contributed by atoms with van der Waals surface area (Å²) in [6.45, 7) is 1.88. The standard InChI is InChI=1S/C9H13N3/c1-7(12-10)8-4-3-5-9(6-8)11-2/h3-6,11H,10H2,1-2H3/b12-7-. The number of benzene rings is 1. The van der Waals surface area contributed by atoms with E-state index >= 15 is 0 Å². The molecule has 0 aromatic heterocycles. The van der Waals surface area contributed by atoms with E-state index in [-0.39, 0.29) is 0 Å². The van der Waals surface area contributed by atoms with Gasteiger partial charge in [-0.2, -0.15) is 5.10 Å². The van der Waals surface area contributed by atoms with E-state index in [1.54, 1.807) is 0 Å². The molecule has 3 N–H and O–H groups in total. The predicted molar refractivity (Wildman–Crippen MR) is 52.4 cm³/mol. The summed E-state index contributed by atoms with van der Waals surface area (Å²) in [5.41, 5.74) is 2.95. The molecule has 0 aliphatic carbocycles. The molecule has 0 aliphatic rings. The summed E-state index contributed by atoms with van der Waals surface area (Å²) in [5.74, 6) is 5.16. The first-order valence-corrected chi connectivity index (χ1v) is 3.80. The fraction of sp³-hybridized carbons (Fsp3) is 0.222. The molecule has 0 atom stereocenters. The average Bonchev–Trinajstić information content (AvgIpc) is 2.17. The van der Waals surface area contributed by atoms with Crippen molar-refractivity contribution in [3.63, 3.8) is 0 Å². The third-order valence-electron chi connectivity index (χ3n) is 1.76. The highest BCUT2D eigenvalue weighted by Crippen LogP contribution is 2.09. The Bertz CT molecular complexity index is 292. The maximum Gasteiger partial charge on any atom is 0.0642 e. The summed E-state index contributed by atoms with van der Waals surface area (Å²) in [7, 11) is 1.88. The Morgan fingerprint density at radius 3 is 2.83 bits per heavy atom. The van der Waals surface area contributed by atoms with Crippen LogP contribution in [0.15, 0.2) is 29.4 Å². The van der Waals surface area contributed by atoms with Crippen molar-refractivity contribution < 1.29 is 0 Å². The van der Waals surface area contributed by atoms with Crippen LogP contribution in [0.1, 0.15) is 12.5 Å². The SMILES string of the molecule is CNc1cccc(/C(C)=N\N)c1. The van der Waals surface area contributed by atoms with E-state index in [2.05, 4.69) is 10.4 Å². The summed E-state index contributed by atoms with van der Waals surface area (Å²) in [6, 6.07) is 7.95. The van der Waals surface area contributed by atoms with Gasteiger partial charge in [-0.3, -0.25) is 0 Å². The van der Waals surface area contributed by atoms with Crippen molar-refractivity contribution in [2.45, 2.75) is 6.92 Å². The van der Waals surface area contributed by atoms with E-state index in [0.717, 1.165) is 17.0 Å². The highest BCUT2D eigenvalue weighted by Gasteiger charge is 1.96. The lowest BCUT2D eigenvalue weighted by molar-refractivity contribution is 1.24. The normalized spacial score (nSPS) is 11.3. The van der Waals surface area contributed by atoms with Gasteiger partial charge in [0.2, 0.25) is 0 Å². The molecular weight excluding hydrogens is 150 g/mol. The van der Waals surface area contributed by atoms with Gasteiger partial charge < -0.3 is 11.2 Å². The minimum absolute atomic E-state index is 0.840. The van der Waals surface area contributed by atoms with Crippen molar-refractivity contribution >= 4 is 11.4 Å². The van der Waals surface area contributed by atoms with Crippen LogP contribution in [0.5, 0.6) is 0 Å². The molecule has 12 heavy (non-hydrogen) atoms. The van der Waals surface area contributed by atoms with Gasteiger partial charge in [-0.25, -0.2) is 0 Å². The zero-order valence-corrected chi connectivity index (χ0v) is 7.33. The van der Waals surface area contributed by atoms with Gasteiger partial charge in [0.15, 0.2) is 0 Å². The van der Waals surface area contributed by atoms with Gasteiger partial charge in [-0.15, -0.1) is 0 Å². The number of hydrogen-bond acceptors (Lipinski definition) is 3. The lowest BCUT2D eigenvalue weighted by Crippen LogP contribution is -1.99. The molecule has 0 aliphatic heterocycles. The summed E-state index contributed by atoms with van der Waals surface area (Å²) < 4.78 is 0. The minimum Gasteiger partial charge on any atom is -0.388 e. The van der Waals surface area contributed by atoms with E-state index in [1.807, 2.05) is 38.2 Å². The molecule has 0 amide bonds. The summed E-state index contributed by atoms with van der Waals surface area (Å²) in [4.78, 5) is 0. The zero-order chi connectivity index (χ0) is 8.97. The molecule has 0 spiro atoms. The summed E-state index contributed by atoms with van der Waals surface area (Å²) in [6.07, 6.45) is 0. The van der Waals surface area contributed by atoms with Gasteiger partial charge >= 0.3 is 0 Å². The van der Waals surface area contributed by atoms with Crippen LogP contribution in [0.2, 0.25) is 0 Å². The molecule has 3 nitrogen and oxygen atoms in total. The third kappa shape index (κ3) is 1.75. The monoisotopic (exact) mass is 163 g/mol. The largest absolute Gasteiger partial charge is 0.388 e. The smallest absolute Gasteiger partial charge is 0.0642 e. The lowest BCUT2D eigenvalue weighted by atomic mass is 10.1.